The summed E-state index contributed by atoms with van der Waals surface area (Å²) in [5.41, 5.74) is 8.80. The van der Waals surface area contributed by atoms with Crippen LogP contribution in [0.25, 0.3) is 10.9 Å². The first kappa shape index (κ1) is 19.3. The van der Waals surface area contributed by atoms with Gasteiger partial charge >= 0.3 is 0 Å². The van der Waals surface area contributed by atoms with Gasteiger partial charge in [-0.2, -0.15) is 0 Å². The van der Waals surface area contributed by atoms with E-state index in [1.165, 1.54) is 0 Å². The SMILES string of the molecule is COc1ccc(OC)c(NC(N)=NCc2cc(N(C)C)nc3ccccc23)c1. The van der Waals surface area contributed by atoms with Gasteiger partial charge in [0.05, 0.1) is 32.0 Å². The molecule has 0 fully saturated rings. The van der Waals surface area contributed by atoms with Crippen molar-refractivity contribution in [3.05, 3.63) is 54.1 Å². The van der Waals surface area contributed by atoms with Crippen LogP contribution in [0.5, 0.6) is 11.5 Å². The van der Waals surface area contributed by atoms with Crippen molar-refractivity contribution in [2.75, 3.05) is 38.5 Å². The number of anilines is 2. The number of rotatable bonds is 6. The summed E-state index contributed by atoms with van der Waals surface area (Å²) in [4.78, 5) is 11.2. The molecule has 0 spiro atoms. The minimum atomic E-state index is 0.291. The van der Waals surface area contributed by atoms with Gasteiger partial charge < -0.3 is 25.4 Å². The molecule has 3 aromatic rings. The van der Waals surface area contributed by atoms with Gasteiger partial charge in [-0.15, -0.1) is 0 Å². The average molecular weight is 379 g/mol. The maximum atomic E-state index is 6.13. The van der Waals surface area contributed by atoms with Crippen molar-refractivity contribution in [2.24, 2.45) is 10.7 Å². The average Bonchev–Trinajstić information content (AvgIpc) is 2.71. The highest BCUT2D eigenvalue weighted by Crippen LogP contribution is 2.29. The molecule has 3 rings (SSSR count). The van der Waals surface area contributed by atoms with E-state index >= 15 is 0 Å². The molecule has 7 nitrogen and oxygen atoms in total. The molecule has 3 N–H and O–H groups in total. The lowest BCUT2D eigenvalue weighted by molar-refractivity contribution is 0.405. The summed E-state index contributed by atoms with van der Waals surface area (Å²) in [5.74, 6) is 2.53. The van der Waals surface area contributed by atoms with E-state index in [2.05, 4.69) is 15.3 Å². The molecule has 0 amide bonds. The van der Waals surface area contributed by atoms with Crippen LogP contribution in [-0.4, -0.2) is 39.3 Å². The van der Waals surface area contributed by atoms with E-state index in [1.807, 2.05) is 67.5 Å². The van der Waals surface area contributed by atoms with Gasteiger partial charge in [-0.05, 0) is 29.8 Å². The Labute approximate surface area is 164 Å². The van der Waals surface area contributed by atoms with Gasteiger partial charge in [0.15, 0.2) is 5.96 Å². The van der Waals surface area contributed by atoms with Crippen molar-refractivity contribution in [1.82, 2.24) is 4.98 Å². The van der Waals surface area contributed by atoms with Gasteiger partial charge in [0.1, 0.15) is 17.3 Å². The van der Waals surface area contributed by atoms with E-state index in [9.17, 15) is 0 Å². The van der Waals surface area contributed by atoms with Crippen LogP contribution in [0.1, 0.15) is 5.56 Å². The third kappa shape index (κ3) is 4.25. The molecule has 0 saturated carbocycles. The van der Waals surface area contributed by atoms with E-state index in [0.717, 1.165) is 22.3 Å². The summed E-state index contributed by atoms with van der Waals surface area (Å²) in [6.07, 6.45) is 0. The third-order valence-electron chi connectivity index (χ3n) is 4.34. The summed E-state index contributed by atoms with van der Waals surface area (Å²) in [7, 11) is 7.15. The number of nitrogens with one attached hydrogen (secondary N) is 1. The van der Waals surface area contributed by atoms with Gasteiger partial charge in [-0.1, -0.05) is 18.2 Å². The minimum Gasteiger partial charge on any atom is -0.497 e. The Morgan fingerprint density at radius 1 is 1.11 bits per heavy atom. The fourth-order valence-electron chi connectivity index (χ4n) is 2.85. The summed E-state index contributed by atoms with van der Waals surface area (Å²) in [6.45, 7) is 0.426. The minimum absolute atomic E-state index is 0.291. The number of benzene rings is 2. The zero-order chi connectivity index (χ0) is 20.1. The second-order valence-corrected chi connectivity index (χ2v) is 6.44. The van der Waals surface area contributed by atoms with Crippen molar-refractivity contribution >= 4 is 28.4 Å². The number of nitrogens with zero attached hydrogens (tertiary/aromatic N) is 3. The maximum absolute atomic E-state index is 6.13. The van der Waals surface area contributed by atoms with Crippen LogP contribution < -0.4 is 25.4 Å². The van der Waals surface area contributed by atoms with Gasteiger partial charge in [-0.25, -0.2) is 9.98 Å². The molecular weight excluding hydrogens is 354 g/mol. The molecule has 7 heteroatoms. The predicted molar refractivity (Wildman–Crippen MR) is 115 cm³/mol. The van der Waals surface area contributed by atoms with Crippen LogP contribution in [0, 0.1) is 0 Å². The number of fused-ring (bicyclic) bond motifs is 1. The zero-order valence-corrected chi connectivity index (χ0v) is 16.6. The summed E-state index contributed by atoms with van der Waals surface area (Å²) in [6, 6.07) is 15.5. The van der Waals surface area contributed by atoms with E-state index in [-0.39, 0.29) is 0 Å². The van der Waals surface area contributed by atoms with Gasteiger partial charge in [0.2, 0.25) is 0 Å². The lowest BCUT2D eigenvalue weighted by atomic mass is 10.1. The number of nitrogens with two attached hydrogens (primary N) is 1. The lowest BCUT2D eigenvalue weighted by Gasteiger charge is -2.15. The summed E-state index contributed by atoms with van der Waals surface area (Å²) in [5, 5.41) is 4.15. The second kappa shape index (κ2) is 8.47. The molecule has 2 aromatic carbocycles. The molecule has 0 bridgehead atoms. The number of guanidine groups is 1. The van der Waals surface area contributed by atoms with Crippen LogP contribution in [0.3, 0.4) is 0 Å². The predicted octanol–water partition coefficient (Wildman–Crippen LogP) is 3.24. The molecule has 146 valence electrons. The monoisotopic (exact) mass is 379 g/mol. The number of pyridine rings is 1. The Balaban J connectivity index is 1.87. The first-order valence-corrected chi connectivity index (χ1v) is 8.86. The molecular formula is C21H25N5O2. The van der Waals surface area contributed by atoms with E-state index < -0.39 is 0 Å². The molecule has 0 unspecified atom stereocenters. The number of methoxy groups -OCH3 is 2. The molecule has 28 heavy (non-hydrogen) atoms. The highest BCUT2D eigenvalue weighted by atomic mass is 16.5. The molecule has 1 heterocycles. The molecule has 0 aliphatic carbocycles. The number of hydrogen-bond donors (Lipinski definition) is 2. The molecule has 0 saturated heterocycles. The van der Waals surface area contributed by atoms with Gasteiger partial charge in [-0.3, -0.25) is 0 Å². The first-order chi connectivity index (χ1) is 13.5. The molecule has 1 aromatic heterocycles. The van der Waals surface area contributed by atoms with Crippen LogP contribution in [0.15, 0.2) is 53.5 Å². The molecule has 0 aliphatic rings. The standard InChI is InChI=1S/C21H25N5O2/c1-26(2)20-11-14(16-7-5-6-8-17(16)24-20)13-23-21(22)25-18-12-15(27-3)9-10-19(18)28-4/h5-12H,13H2,1-4H3,(H3,22,23,25). The number of hydrogen-bond acceptors (Lipinski definition) is 5. The summed E-state index contributed by atoms with van der Waals surface area (Å²) < 4.78 is 10.6. The number of ether oxygens (including phenoxy) is 2. The smallest absolute Gasteiger partial charge is 0.193 e. The molecule has 0 radical (unpaired) electrons. The molecule has 0 aliphatic heterocycles. The van der Waals surface area contributed by atoms with Crippen LogP contribution in [-0.2, 0) is 6.54 Å². The number of aliphatic imine (C=N–C) groups is 1. The summed E-state index contributed by atoms with van der Waals surface area (Å²) >= 11 is 0. The largest absolute Gasteiger partial charge is 0.497 e. The van der Waals surface area contributed by atoms with E-state index in [1.54, 1.807) is 14.2 Å². The van der Waals surface area contributed by atoms with Gasteiger partial charge in [0.25, 0.3) is 0 Å². The third-order valence-corrected chi connectivity index (χ3v) is 4.34. The Morgan fingerprint density at radius 3 is 2.61 bits per heavy atom. The van der Waals surface area contributed by atoms with Crippen molar-refractivity contribution in [1.29, 1.82) is 0 Å². The highest BCUT2D eigenvalue weighted by Gasteiger charge is 2.09. The number of para-hydroxylation sites is 1. The van der Waals surface area contributed by atoms with Crippen molar-refractivity contribution < 1.29 is 9.47 Å². The Kier molecular flexibility index (Phi) is 5.84. The van der Waals surface area contributed by atoms with Crippen molar-refractivity contribution in [3.8, 4) is 11.5 Å². The van der Waals surface area contributed by atoms with E-state index in [4.69, 9.17) is 15.2 Å². The topological polar surface area (TPSA) is 85.0 Å². The van der Waals surface area contributed by atoms with Crippen LogP contribution in [0.2, 0.25) is 0 Å². The normalized spacial score (nSPS) is 11.4. The second-order valence-electron chi connectivity index (χ2n) is 6.44. The zero-order valence-electron chi connectivity index (χ0n) is 16.6. The lowest BCUT2D eigenvalue weighted by Crippen LogP contribution is -2.23. The fourth-order valence-corrected chi connectivity index (χ4v) is 2.85. The fraction of sp³-hybridized carbons (Fsp3) is 0.238. The Bertz CT molecular complexity index is 1000. The van der Waals surface area contributed by atoms with Crippen molar-refractivity contribution in [3.63, 3.8) is 0 Å². The first-order valence-electron chi connectivity index (χ1n) is 8.86. The quantitative estimate of drug-likeness (QED) is 0.505. The maximum Gasteiger partial charge on any atom is 0.193 e. The van der Waals surface area contributed by atoms with E-state index in [0.29, 0.717) is 29.7 Å². The van der Waals surface area contributed by atoms with Crippen LogP contribution in [0.4, 0.5) is 11.5 Å². The van der Waals surface area contributed by atoms with Crippen LogP contribution >= 0.6 is 0 Å². The number of aromatic nitrogens is 1. The Hall–Kier alpha value is -3.48. The highest BCUT2D eigenvalue weighted by molar-refractivity contribution is 5.94. The Morgan fingerprint density at radius 2 is 1.89 bits per heavy atom. The van der Waals surface area contributed by atoms with Crippen molar-refractivity contribution in [2.45, 2.75) is 6.54 Å². The molecule has 0 atom stereocenters. The van der Waals surface area contributed by atoms with Gasteiger partial charge in [0, 0.05) is 25.5 Å².